The smallest absolute Gasteiger partial charge is 0.257 e. The molecule has 2 heterocycles. The Morgan fingerprint density at radius 1 is 1.36 bits per heavy atom. The SMILES string of the molecule is C=C/C=C(\C=C)N(C)c1nc2nncn2c2cc(C#CCC)ccc12. The van der Waals surface area contributed by atoms with E-state index in [1.807, 2.05) is 47.5 Å². The van der Waals surface area contributed by atoms with Crippen LogP contribution in [-0.2, 0) is 0 Å². The summed E-state index contributed by atoms with van der Waals surface area (Å²) in [6.45, 7) is 9.66. The van der Waals surface area contributed by atoms with E-state index in [0.29, 0.717) is 5.78 Å². The predicted octanol–water partition coefficient (Wildman–Crippen LogP) is 3.73. The van der Waals surface area contributed by atoms with Crippen LogP contribution in [0, 0.1) is 11.8 Å². The molecule has 25 heavy (non-hydrogen) atoms. The van der Waals surface area contributed by atoms with Crippen LogP contribution in [0.3, 0.4) is 0 Å². The second kappa shape index (κ2) is 7.02. The average molecular weight is 329 g/mol. The Morgan fingerprint density at radius 2 is 2.20 bits per heavy atom. The lowest BCUT2D eigenvalue weighted by atomic mass is 10.1. The third-order valence-electron chi connectivity index (χ3n) is 3.85. The quantitative estimate of drug-likeness (QED) is 0.540. The molecule has 5 heteroatoms. The molecule has 0 atom stereocenters. The fourth-order valence-corrected chi connectivity index (χ4v) is 2.63. The first-order chi connectivity index (χ1) is 12.2. The summed E-state index contributed by atoms with van der Waals surface area (Å²) in [6.07, 6.45) is 7.86. The van der Waals surface area contributed by atoms with Crippen LogP contribution in [0.25, 0.3) is 16.7 Å². The summed E-state index contributed by atoms with van der Waals surface area (Å²) in [5.74, 6) is 7.59. The first kappa shape index (κ1) is 16.5. The molecule has 0 N–H and O–H groups in total. The van der Waals surface area contributed by atoms with Gasteiger partial charge in [0.15, 0.2) is 0 Å². The summed E-state index contributed by atoms with van der Waals surface area (Å²) in [7, 11) is 1.94. The highest BCUT2D eigenvalue weighted by atomic mass is 15.3. The Morgan fingerprint density at radius 3 is 2.92 bits per heavy atom. The summed E-state index contributed by atoms with van der Waals surface area (Å²) >= 11 is 0. The molecule has 0 aliphatic rings. The van der Waals surface area contributed by atoms with E-state index in [9.17, 15) is 0 Å². The summed E-state index contributed by atoms with van der Waals surface area (Å²) < 4.78 is 1.87. The Hall–Kier alpha value is -3.39. The molecule has 0 unspecified atom stereocenters. The number of hydrogen-bond acceptors (Lipinski definition) is 4. The minimum absolute atomic E-state index is 0.539. The number of fused-ring (bicyclic) bond motifs is 3. The van der Waals surface area contributed by atoms with Crippen LogP contribution in [0.2, 0.25) is 0 Å². The fourth-order valence-electron chi connectivity index (χ4n) is 2.63. The van der Waals surface area contributed by atoms with Crippen molar-refractivity contribution in [2.45, 2.75) is 13.3 Å². The van der Waals surface area contributed by atoms with Crippen molar-refractivity contribution < 1.29 is 0 Å². The number of rotatable bonds is 4. The second-order valence-corrected chi connectivity index (χ2v) is 5.41. The number of aromatic nitrogens is 4. The van der Waals surface area contributed by atoms with Crippen LogP contribution < -0.4 is 4.90 Å². The molecule has 0 aliphatic heterocycles. The lowest BCUT2D eigenvalue weighted by molar-refractivity contribution is 1.06. The third kappa shape index (κ3) is 3.02. The van der Waals surface area contributed by atoms with E-state index in [1.165, 1.54) is 0 Å². The van der Waals surface area contributed by atoms with Gasteiger partial charge < -0.3 is 4.90 Å². The average Bonchev–Trinajstić information content (AvgIpc) is 3.12. The van der Waals surface area contributed by atoms with Gasteiger partial charge in [-0.05, 0) is 30.4 Å². The fraction of sp³-hybridized carbons (Fsp3) is 0.150. The molecule has 0 amide bonds. The molecular formula is C20H19N5. The molecule has 0 radical (unpaired) electrons. The van der Waals surface area contributed by atoms with Crippen LogP contribution in [0.1, 0.15) is 18.9 Å². The second-order valence-electron chi connectivity index (χ2n) is 5.41. The molecule has 0 fully saturated rings. The number of allylic oxidation sites excluding steroid dienone is 3. The van der Waals surface area contributed by atoms with Crippen LogP contribution in [0.4, 0.5) is 5.82 Å². The lowest BCUT2D eigenvalue weighted by Crippen LogP contribution is -2.17. The molecule has 5 nitrogen and oxygen atoms in total. The highest BCUT2D eigenvalue weighted by Gasteiger charge is 2.14. The Kier molecular flexibility index (Phi) is 4.62. The van der Waals surface area contributed by atoms with Gasteiger partial charge in [0.25, 0.3) is 5.78 Å². The number of likely N-dealkylation sites (N-methyl/N-ethyl adjacent to an activating group) is 1. The molecule has 0 saturated carbocycles. The maximum atomic E-state index is 4.66. The lowest BCUT2D eigenvalue weighted by Gasteiger charge is -2.21. The van der Waals surface area contributed by atoms with E-state index in [2.05, 4.69) is 40.2 Å². The van der Waals surface area contributed by atoms with Gasteiger partial charge in [0.05, 0.1) is 5.52 Å². The van der Waals surface area contributed by atoms with Crippen molar-refractivity contribution in [1.29, 1.82) is 0 Å². The van der Waals surface area contributed by atoms with Crippen molar-refractivity contribution >= 4 is 22.5 Å². The van der Waals surface area contributed by atoms with Crippen molar-refractivity contribution in [2.24, 2.45) is 0 Å². The van der Waals surface area contributed by atoms with Crippen molar-refractivity contribution in [2.75, 3.05) is 11.9 Å². The first-order valence-electron chi connectivity index (χ1n) is 8.00. The molecule has 1 aromatic carbocycles. The maximum absolute atomic E-state index is 4.66. The van der Waals surface area contributed by atoms with Crippen LogP contribution >= 0.6 is 0 Å². The molecule has 3 aromatic rings. The first-order valence-corrected chi connectivity index (χ1v) is 8.00. The number of anilines is 1. The predicted molar refractivity (Wildman–Crippen MR) is 102 cm³/mol. The van der Waals surface area contributed by atoms with Gasteiger partial charge in [0.1, 0.15) is 12.1 Å². The maximum Gasteiger partial charge on any atom is 0.257 e. The van der Waals surface area contributed by atoms with Gasteiger partial charge in [0.2, 0.25) is 0 Å². The Labute approximate surface area is 147 Å². The summed E-state index contributed by atoms with van der Waals surface area (Å²) in [6, 6.07) is 6.07. The molecule has 0 aliphatic carbocycles. The highest BCUT2D eigenvalue weighted by molar-refractivity contribution is 5.93. The molecule has 0 spiro atoms. The van der Waals surface area contributed by atoms with Crippen LogP contribution in [-0.4, -0.2) is 26.6 Å². The van der Waals surface area contributed by atoms with E-state index in [-0.39, 0.29) is 0 Å². The van der Waals surface area contributed by atoms with Crippen LogP contribution in [0.5, 0.6) is 0 Å². The van der Waals surface area contributed by atoms with E-state index in [1.54, 1.807) is 18.5 Å². The molecule has 0 bridgehead atoms. The van der Waals surface area contributed by atoms with E-state index in [0.717, 1.165) is 34.4 Å². The third-order valence-corrected chi connectivity index (χ3v) is 3.85. The highest BCUT2D eigenvalue weighted by Crippen LogP contribution is 2.28. The van der Waals surface area contributed by atoms with Gasteiger partial charge in [-0.1, -0.05) is 38.0 Å². The van der Waals surface area contributed by atoms with Gasteiger partial charge in [0, 0.05) is 30.1 Å². The van der Waals surface area contributed by atoms with Gasteiger partial charge in [-0.25, -0.2) is 0 Å². The minimum Gasteiger partial charge on any atom is -0.329 e. The molecular weight excluding hydrogens is 310 g/mol. The Bertz CT molecular complexity index is 1050. The molecule has 124 valence electrons. The monoisotopic (exact) mass is 329 g/mol. The summed E-state index contributed by atoms with van der Waals surface area (Å²) in [4.78, 5) is 6.62. The van der Waals surface area contributed by atoms with E-state index < -0.39 is 0 Å². The molecule has 0 saturated heterocycles. The zero-order valence-electron chi connectivity index (χ0n) is 14.4. The standard InChI is InChI=1S/C20H19N5/c1-5-8-10-15-11-12-17-18(13-15)25-14-21-23-20(25)22-19(17)24(4)16(7-3)9-6-2/h6-7,9,11-14H,2-3,5H2,1,4H3/b16-9+. The van der Waals surface area contributed by atoms with Gasteiger partial charge in [-0.2, -0.15) is 4.98 Å². The van der Waals surface area contributed by atoms with Crippen molar-refractivity contribution in [3.63, 3.8) is 0 Å². The van der Waals surface area contributed by atoms with Crippen LogP contribution in [0.15, 0.2) is 61.6 Å². The minimum atomic E-state index is 0.539. The number of benzene rings is 1. The van der Waals surface area contributed by atoms with Gasteiger partial charge >= 0.3 is 0 Å². The summed E-state index contributed by atoms with van der Waals surface area (Å²) in [5.41, 5.74) is 2.80. The zero-order chi connectivity index (χ0) is 17.8. The van der Waals surface area contributed by atoms with Crippen molar-refractivity contribution in [1.82, 2.24) is 19.6 Å². The largest absolute Gasteiger partial charge is 0.329 e. The molecule has 3 rings (SSSR count). The van der Waals surface area contributed by atoms with Gasteiger partial charge in [-0.15, -0.1) is 10.2 Å². The number of nitrogens with zero attached hydrogens (tertiary/aromatic N) is 5. The van der Waals surface area contributed by atoms with E-state index >= 15 is 0 Å². The Balaban J connectivity index is 2.29. The molecule has 2 aromatic heterocycles. The zero-order valence-corrected chi connectivity index (χ0v) is 14.4. The van der Waals surface area contributed by atoms with Crippen molar-refractivity contribution in [3.05, 3.63) is 67.2 Å². The van der Waals surface area contributed by atoms with E-state index in [4.69, 9.17) is 0 Å². The topological polar surface area (TPSA) is 46.3 Å². The normalized spacial score (nSPS) is 11.2. The summed E-state index contributed by atoms with van der Waals surface area (Å²) in [5, 5.41) is 9.08. The number of hydrogen-bond donors (Lipinski definition) is 0. The van der Waals surface area contributed by atoms with Gasteiger partial charge in [-0.3, -0.25) is 4.40 Å². The van der Waals surface area contributed by atoms with Crippen molar-refractivity contribution in [3.8, 4) is 11.8 Å².